The monoisotopic (exact) mass is 355 g/mol. The summed E-state index contributed by atoms with van der Waals surface area (Å²) in [6, 6.07) is 27.3. The molecule has 3 heteroatoms. The van der Waals surface area contributed by atoms with Crippen molar-refractivity contribution in [1.29, 1.82) is 0 Å². The first-order chi connectivity index (χ1) is 9.92. The van der Waals surface area contributed by atoms with E-state index < -0.39 is 0 Å². The van der Waals surface area contributed by atoms with Crippen LogP contribution in [0.4, 0.5) is 0 Å². The van der Waals surface area contributed by atoms with Crippen LogP contribution in [0.5, 0.6) is 0 Å². The van der Waals surface area contributed by atoms with Gasteiger partial charge in [-0.05, 0) is 29.3 Å². The van der Waals surface area contributed by atoms with Gasteiger partial charge >= 0.3 is 0 Å². The standard InChI is InChI=1S/C19H13N.ClH.Zn/c1-2-7-14(8-3-1)16-10-6-12-19-17(16)13-15-9-4-5-11-18(15)20-19;;/h1-13H;1H;. The van der Waals surface area contributed by atoms with Crippen LogP contribution >= 0.6 is 12.4 Å². The minimum Gasteiger partial charge on any atom is -0.248 e. The fourth-order valence-corrected chi connectivity index (χ4v) is 2.67. The number of halogens is 1. The quantitative estimate of drug-likeness (QED) is 0.325. The summed E-state index contributed by atoms with van der Waals surface area (Å²) in [7, 11) is 0. The van der Waals surface area contributed by atoms with E-state index in [2.05, 4.69) is 66.7 Å². The Hall–Kier alpha value is -1.76. The molecule has 0 aliphatic rings. The van der Waals surface area contributed by atoms with Gasteiger partial charge in [-0.2, -0.15) is 0 Å². The molecule has 0 radical (unpaired) electrons. The molecule has 0 bridgehead atoms. The third kappa shape index (κ3) is 2.90. The van der Waals surface area contributed by atoms with E-state index in [4.69, 9.17) is 4.98 Å². The van der Waals surface area contributed by atoms with Crippen molar-refractivity contribution < 1.29 is 19.5 Å². The number of nitrogens with zero attached hydrogens (tertiary/aromatic N) is 1. The second-order valence-corrected chi connectivity index (χ2v) is 4.92. The maximum atomic E-state index is 4.76. The van der Waals surface area contributed by atoms with Gasteiger partial charge in [-0.15, -0.1) is 12.4 Å². The average Bonchev–Trinajstić information content (AvgIpc) is 2.53. The van der Waals surface area contributed by atoms with Crippen LogP contribution in [0.1, 0.15) is 0 Å². The third-order valence-electron chi connectivity index (χ3n) is 3.65. The van der Waals surface area contributed by atoms with Crippen LogP contribution in [0, 0.1) is 0 Å². The van der Waals surface area contributed by atoms with Gasteiger partial charge in [0.1, 0.15) is 0 Å². The van der Waals surface area contributed by atoms with Gasteiger partial charge in [-0.25, -0.2) is 4.98 Å². The van der Waals surface area contributed by atoms with E-state index in [-0.39, 0.29) is 31.9 Å². The SMILES string of the molecule is Cl.[Zn].c1ccc(-c2cccc3nc4ccccc4cc23)cc1. The van der Waals surface area contributed by atoms with Gasteiger partial charge in [-0.1, -0.05) is 60.7 Å². The van der Waals surface area contributed by atoms with Crippen LogP contribution in [0.15, 0.2) is 78.9 Å². The number of aromatic nitrogens is 1. The van der Waals surface area contributed by atoms with Crippen LogP contribution in [-0.2, 0) is 19.5 Å². The van der Waals surface area contributed by atoms with Crippen molar-refractivity contribution in [2.75, 3.05) is 0 Å². The Morgan fingerprint density at radius 2 is 1.32 bits per heavy atom. The fraction of sp³-hybridized carbons (Fsp3) is 0. The van der Waals surface area contributed by atoms with E-state index in [1.165, 1.54) is 21.9 Å². The van der Waals surface area contributed by atoms with E-state index in [9.17, 15) is 0 Å². The zero-order chi connectivity index (χ0) is 13.4. The number of fused-ring (bicyclic) bond motifs is 2. The minimum absolute atomic E-state index is 0. The van der Waals surface area contributed by atoms with Gasteiger partial charge in [0.05, 0.1) is 11.0 Å². The zero-order valence-corrected chi connectivity index (χ0v) is 15.9. The molecule has 0 spiro atoms. The molecule has 0 saturated carbocycles. The summed E-state index contributed by atoms with van der Waals surface area (Å²) in [5.41, 5.74) is 4.56. The first-order valence-electron chi connectivity index (χ1n) is 6.76. The topological polar surface area (TPSA) is 12.9 Å². The first kappa shape index (κ1) is 16.6. The Morgan fingerprint density at radius 1 is 0.636 bits per heavy atom. The summed E-state index contributed by atoms with van der Waals surface area (Å²) in [5.74, 6) is 0. The second kappa shape index (κ2) is 7.00. The summed E-state index contributed by atoms with van der Waals surface area (Å²) in [5, 5.41) is 2.39. The van der Waals surface area contributed by atoms with Gasteiger partial charge in [0.15, 0.2) is 0 Å². The molecule has 0 saturated heterocycles. The predicted octanol–water partition coefficient (Wildman–Crippen LogP) is 5.47. The number of hydrogen-bond donors (Lipinski definition) is 0. The van der Waals surface area contributed by atoms with Crippen molar-refractivity contribution in [2.24, 2.45) is 0 Å². The van der Waals surface area contributed by atoms with Crippen LogP contribution in [0.2, 0.25) is 0 Å². The number of para-hydroxylation sites is 1. The van der Waals surface area contributed by atoms with Crippen molar-refractivity contribution in [1.82, 2.24) is 4.98 Å². The third-order valence-corrected chi connectivity index (χ3v) is 3.65. The summed E-state index contributed by atoms with van der Waals surface area (Å²) >= 11 is 0. The summed E-state index contributed by atoms with van der Waals surface area (Å²) < 4.78 is 0. The van der Waals surface area contributed by atoms with Crippen molar-refractivity contribution in [2.45, 2.75) is 0 Å². The zero-order valence-electron chi connectivity index (χ0n) is 12.1. The smallest absolute Gasteiger partial charge is 0.0715 e. The molecular weight excluding hydrogens is 343 g/mol. The number of benzene rings is 3. The molecule has 0 atom stereocenters. The van der Waals surface area contributed by atoms with Crippen LogP contribution in [-0.4, -0.2) is 4.98 Å². The van der Waals surface area contributed by atoms with Gasteiger partial charge in [0.25, 0.3) is 0 Å². The Balaban J connectivity index is 0.000000882. The summed E-state index contributed by atoms with van der Waals surface area (Å²) in [6.07, 6.45) is 0. The molecule has 1 nitrogen and oxygen atoms in total. The maximum absolute atomic E-state index is 4.76. The van der Waals surface area contributed by atoms with Gasteiger partial charge in [-0.3, -0.25) is 0 Å². The normalized spacial score (nSPS) is 10.0. The van der Waals surface area contributed by atoms with Crippen molar-refractivity contribution in [3.8, 4) is 11.1 Å². The van der Waals surface area contributed by atoms with Crippen LogP contribution in [0.3, 0.4) is 0 Å². The van der Waals surface area contributed by atoms with Crippen molar-refractivity contribution in [3.05, 3.63) is 78.9 Å². The molecular formula is C19H14ClNZn. The summed E-state index contributed by atoms with van der Waals surface area (Å²) in [4.78, 5) is 4.76. The molecule has 1 aromatic heterocycles. The molecule has 0 fully saturated rings. The van der Waals surface area contributed by atoms with Crippen LogP contribution in [0.25, 0.3) is 32.9 Å². The molecule has 0 aliphatic heterocycles. The number of hydrogen-bond acceptors (Lipinski definition) is 1. The average molecular weight is 357 g/mol. The fourth-order valence-electron chi connectivity index (χ4n) is 2.67. The molecule has 104 valence electrons. The molecule has 0 unspecified atom stereocenters. The van der Waals surface area contributed by atoms with Gasteiger partial charge in [0, 0.05) is 30.3 Å². The molecule has 4 aromatic rings. The number of rotatable bonds is 1. The van der Waals surface area contributed by atoms with Gasteiger partial charge in [0.2, 0.25) is 0 Å². The predicted molar refractivity (Wildman–Crippen MR) is 91.9 cm³/mol. The molecule has 4 rings (SSSR count). The second-order valence-electron chi connectivity index (χ2n) is 4.92. The van der Waals surface area contributed by atoms with E-state index in [1.807, 2.05) is 12.1 Å². The van der Waals surface area contributed by atoms with Crippen molar-refractivity contribution in [3.63, 3.8) is 0 Å². The molecule has 0 N–H and O–H groups in total. The van der Waals surface area contributed by atoms with E-state index in [0.717, 1.165) is 11.0 Å². The molecule has 1 heterocycles. The van der Waals surface area contributed by atoms with Crippen LogP contribution < -0.4 is 0 Å². The van der Waals surface area contributed by atoms with E-state index >= 15 is 0 Å². The van der Waals surface area contributed by atoms with Gasteiger partial charge < -0.3 is 0 Å². The molecule has 3 aromatic carbocycles. The Kier molecular flexibility index (Phi) is 5.29. The molecule has 0 amide bonds. The Bertz CT molecular complexity index is 907. The number of pyridine rings is 1. The van der Waals surface area contributed by atoms with E-state index in [0.29, 0.717) is 0 Å². The van der Waals surface area contributed by atoms with Crippen molar-refractivity contribution >= 4 is 34.2 Å². The Morgan fingerprint density at radius 3 is 2.14 bits per heavy atom. The maximum Gasteiger partial charge on any atom is 0.0715 e. The minimum atomic E-state index is 0. The Labute approximate surface area is 148 Å². The largest absolute Gasteiger partial charge is 0.248 e. The van der Waals surface area contributed by atoms with E-state index in [1.54, 1.807) is 0 Å². The summed E-state index contributed by atoms with van der Waals surface area (Å²) in [6.45, 7) is 0. The first-order valence-corrected chi connectivity index (χ1v) is 6.76. The molecule has 22 heavy (non-hydrogen) atoms. The molecule has 0 aliphatic carbocycles.